The maximum Gasteiger partial charge on any atom is 0.368 e. The van der Waals surface area contributed by atoms with Crippen molar-refractivity contribution in [3.63, 3.8) is 0 Å². The maximum absolute atomic E-state index is 11.8. The van der Waals surface area contributed by atoms with Crippen molar-refractivity contribution in [2.45, 2.75) is 20.4 Å². The number of benzene rings is 1. The van der Waals surface area contributed by atoms with Crippen LogP contribution in [0.5, 0.6) is 0 Å². The standard InChI is InChI=1S/C14H17N5O2/c1-3-19-8-10(7-17-19)14(20)21-18-13(16)11-5-4-6-12(15)9(11)2/h4-8H,3,15H2,1-2H3,(H2,16,18). The Morgan fingerprint density at radius 3 is 2.90 bits per heavy atom. The Balaban J connectivity index is 2.13. The van der Waals surface area contributed by atoms with Crippen LogP contribution in [-0.4, -0.2) is 21.6 Å². The fourth-order valence-electron chi connectivity index (χ4n) is 1.77. The number of hydrogen-bond acceptors (Lipinski definition) is 5. The summed E-state index contributed by atoms with van der Waals surface area (Å²) >= 11 is 0. The number of nitrogen functional groups attached to an aromatic ring is 1. The van der Waals surface area contributed by atoms with Crippen LogP contribution >= 0.6 is 0 Å². The first-order valence-corrected chi connectivity index (χ1v) is 6.45. The second-order valence-corrected chi connectivity index (χ2v) is 4.46. The monoisotopic (exact) mass is 287 g/mol. The van der Waals surface area contributed by atoms with E-state index in [2.05, 4.69) is 10.3 Å². The summed E-state index contributed by atoms with van der Waals surface area (Å²) in [7, 11) is 0. The Bertz CT molecular complexity index is 690. The van der Waals surface area contributed by atoms with E-state index in [9.17, 15) is 4.79 Å². The van der Waals surface area contributed by atoms with Crippen LogP contribution in [-0.2, 0) is 11.4 Å². The Labute approximate surface area is 122 Å². The number of rotatable bonds is 4. The highest BCUT2D eigenvalue weighted by Gasteiger charge is 2.11. The highest BCUT2D eigenvalue weighted by Crippen LogP contribution is 2.15. The first kappa shape index (κ1) is 14.6. The van der Waals surface area contributed by atoms with Crippen LogP contribution in [0.25, 0.3) is 0 Å². The minimum Gasteiger partial charge on any atom is -0.398 e. The third kappa shape index (κ3) is 3.19. The van der Waals surface area contributed by atoms with Crippen molar-refractivity contribution >= 4 is 17.5 Å². The molecule has 0 saturated carbocycles. The van der Waals surface area contributed by atoms with Crippen molar-refractivity contribution in [3.8, 4) is 0 Å². The summed E-state index contributed by atoms with van der Waals surface area (Å²) in [6.45, 7) is 4.40. The summed E-state index contributed by atoms with van der Waals surface area (Å²) < 4.78 is 1.62. The Morgan fingerprint density at radius 1 is 1.48 bits per heavy atom. The molecule has 0 atom stereocenters. The number of anilines is 1. The number of hydrogen-bond donors (Lipinski definition) is 2. The molecular formula is C14H17N5O2. The molecule has 1 aromatic heterocycles. The van der Waals surface area contributed by atoms with Crippen molar-refractivity contribution in [2.75, 3.05) is 5.73 Å². The minimum atomic E-state index is -0.612. The van der Waals surface area contributed by atoms with Crippen LogP contribution in [0.1, 0.15) is 28.4 Å². The third-order valence-corrected chi connectivity index (χ3v) is 3.07. The van der Waals surface area contributed by atoms with Crippen molar-refractivity contribution in [1.82, 2.24) is 9.78 Å². The van der Waals surface area contributed by atoms with E-state index in [1.807, 2.05) is 13.8 Å². The van der Waals surface area contributed by atoms with E-state index in [1.165, 1.54) is 6.20 Å². The smallest absolute Gasteiger partial charge is 0.368 e. The molecule has 0 bridgehead atoms. The van der Waals surface area contributed by atoms with Crippen molar-refractivity contribution in [1.29, 1.82) is 0 Å². The second kappa shape index (κ2) is 6.08. The second-order valence-electron chi connectivity index (χ2n) is 4.46. The van der Waals surface area contributed by atoms with Gasteiger partial charge in [0, 0.05) is 24.0 Å². The molecule has 0 aliphatic heterocycles. The van der Waals surface area contributed by atoms with Gasteiger partial charge < -0.3 is 16.3 Å². The van der Waals surface area contributed by atoms with Gasteiger partial charge in [0.2, 0.25) is 0 Å². The summed E-state index contributed by atoms with van der Waals surface area (Å²) in [5.41, 5.74) is 13.9. The van der Waals surface area contributed by atoms with E-state index in [1.54, 1.807) is 29.1 Å². The molecule has 2 aromatic rings. The molecule has 7 heteroatoms. The summed E-state index contributed by atoms with van der Waals surface area (Å²) in [5.74, 6) is -0.518. The van der Waals surface area contributed by atoms with Gasteiger partial charge in [-0.25, -0.2) is 4.79 Å². The fraction of sp³-hybridized carbons (Fsp3) is 0.214. The predicted octanol–water partition coefficient (Wildman–Crippen LogP) is 1.27. The zero-order chi connectivity index (χ0) is 15.4. The topological polar surface area (TPSA) is 109 Å². The van der Waals surface area contributed by atoms with E-state index >= 15 is 0 Å². The van der Waals surface area contributed by atoms with Crippen molar-refractivity contribution in [3.05, 3.63) is 47.3 Å². The lowest BCUT2D eigenvalue weighted by molar-refractivity contribution is 0.0516. The molecule has 1 aromatic carbocycles. The normalized spacial score (nSPS) is 11.4. The molecule has 0 fully saturated rings. The van der Waals surface area contributed by atoms with E-state index < -0.39 is 5.97 Å². The van der Waals surface area contributed by atoms with E-state index in [-0.39, 0.29) is 5.84 Å². The zero-order valence-electron chi connectivity index (χ0n) is 11.9. The zero-order valence-corrected chi connectivity index (χ0v) is 11.9. The van der Waals surface area contributed by atoms with Gasteiger partial charge in [0.05, 0.1) is 11.8 Å². The summed E-state index contributed by atoms with van der Waals surface area (Å²) in [6, 6.07) is 5.28. The average molecular weight is 287 g/mol. The lowest BCUT2D eigenvalue weighted by Crippen LogP contribution is -2.17. The van der Waals surface area contributed by atoms with Crippen molar-refractivity contribution in [2.24, 2.45) is 10.9 Å². The molecule has 0 aliphatic rings. The van der Waals surface area contributed by atoms with Gasteiger partial charge in [0.15, 0.2) is 5.84 Å². The molecule has 0 spiro atoms. The van der Waals surface area contributed by atoms with Gasteiger partial charge in [-0.1, -0.05) is 17.3 Å². The molecule has 7 nitrogen and oxygen atoms in total. The molecule has 2 rings (SSSR count). The maximum atomic E-state index is 11.8. The minimum absolute atomic E-state index is 0.0935. The van der Waals surface area contributed by atoms with Crippen molar-refractivity contribution < 1.29 is 9.63 Å². The average Bonchev–Trinajstić information content (AvgIpc) is 2.96. The molecule has 1 heterocycles. The molecule has 110 valence electrons. The molecule has 0 radical (unpaired) electrons. The van der Waals surface area contributed by atoms with Crippen LogP contribution in [0.15, 0.2) is 35.7 Å². The van der Waals surface area contributed by atoms with Crippen LogP contribution in [0.2, 0.25) is 0 Å². The summed E-state index contributed by atoms with van der Waals surface area (Å²) in [4.78, 5) is 16.6. The van der Waals surface area contributed by atoms with Gasteiger partial charge in [0.25, 0.3) is 0 Å². The van der Waals surface area contributed by atoms with Gasteiger partial charge in [-0.3, -0.25) is 4.68 Å². The van der Waals surface area contributed by atoms with Crippen LogP contribution < -0.4 is 11.5 Å². The molecular weight excluding hydrogens is 270 g/mol. The molecule has 4 N–H and O–H groups in total. The molecule has 0 aliphatic carbocycles. The Morgan fingerprint density at radius 2 is 2.24 bits per heavy atom. The number of nitrogens with two attached hydrogens (primary N) is 2. The van der Waals surface area contributed by atoms with Gasteiger partial charge in [0.1, 0.15) is 0 Å². The Hall–Kier alpha value is -2.83. The van der Waals surface area contributed by atoms with Gasteiger partial charge in [-0.15, -0.1) is 0 Å². The number of nitrogens with zero attached hydrogens (tertiary/aromatic N) is 3. The van der Waals surface area contributed by atoms with Crippen LogP contribution in [0, 0.1) is 6.92 Å². The molecule has 0 amide bonds. The lowest BCUT2D eigenvalue weighted by atomic mass is 10.1. The third-order valence-electron chi connectivity index (χ3n) is 3.07. The highest BCUT2D eigenvalue weighted by molar-refractivity contribution is 6.00. The SMILES string of the molecule is CCn1cc(C(=O)O/N=C(\N)c2cccc(N)c2C)cn1. The number of aryl methyl sites for hydroxylation is 1. The number of carbonyl (C=O) groups excluding carboxylic acids is 1. The number of oxime groups is 1. The summed E-state index contributed by atoms with van der Waals surface area (Å²) in [6.07, 6.45) is 3.00. The first-order chi connectivity index (χ1) is 10.0. The fourth-order valence-corrected chi connectivity index (χ4v) is 1.77. The number of carbonyl (C=O) groups is 1. The van der Waals surface area contributed by atoms with E-state index in [0.717, 1.165) is 5.56 Å². The molecule has 21 heavy (non-hydrogen) atoms. The number of aromatic nitrogens is 2. The van der Waals surface area contributed by atoms with Crippen LogP contribution in [0.3, 0.4) is 0 Å². The van der Waals surface area contributed by atoms with E-state index in [0.29, 0.717) is 23.4 Å². The molecule has 0 unspecified atom stereocenters. The van der Waals surface area contributed by atoms with E-state index in [4.69, 9.17) is 16.3 Å². The number of amidine groups is 1. The van der Waals surface area contributed by atoms with Gasteiger partial charge >= 0.3 is 5.97 Å². The van der Waals surface area contributed by atoms with Crippen LogP contribution in [0.4, 0.5) is 5.69 Å². The van der Waals surface area contributed by atoms with Gasteiger partial charge in [-0.2, -0.15) is 5.10 Å². The lowest BCUT2D eigenvalue weighted by Gasteiger charge is -2.06. The Kier molecular flexibility index (Phi) is 4.22. The quantitative estimate of drug-likeness (QED) is 0.289. The van der Waals surface area contributed by atoms with Gasteiger partial charge in [-0.05, 0) is 25.5 Å². The first-order valence-electron chi connectivity index (χ1n) is 6.45. The molecule has 0 saturated heterocycles. The highest BCUT2D eigenvalue weighted by atomic mass is 16.7. The largest absolute Gasteiger partial charge is 0.398 e. The summed E-state index contributed by atoms with van der Waals surface area (Å²) in [5, 5.41) is 7.65. The predicted molar refractivity (Wildman–Crippen MR) is 79.6 cm³/mol.